The number of aryl methyl sites for hydroxylation is 1. The van der Waals surface area contributed by atoms with Crippen LogP contribution in [0.5, 0.6) is 0 Å². The molecule has 0 aliphatic carbocycles. The van der Waals surface area contributed by atoms with Gasteiger partial charge in [-0.1, -0.05) is 12.1 Å². The molecule has 0 unspecified atom stereocenters. The molecule has 1 aliphatic heterocycles. The van der Waals surface area contributed by atoms with Crippen LogP contribution >= 0.6 is 0 Å². The summed E-state index contributed by atoms with van der Waals surface area (Å²) in [5.41, 5.74) is 5.24. The summed E-state index contributed by atoms with van der Waals surface area (Å²) in [5.74, 6) is 1.67. The molecule has 6 heteroatoms. The minimum Gasteiger partial charge on any atom is -0.370 e. The van der Waals surface area contributed by atoms with Crippen molar-refractivity contribution >= 4 is 5.91 Å². The highest BCUT2D eigenvalue weighted by Gasteiger charge is 2.27. The Balaban J connectivity index is 1.88. The summed E-state index contributed by atoms with van der Waals surface area (Å²) < 4.78 is 5.29. The van der Waals surface area contributed by atoms with E-state index in [1.165, 1.54) is 0 Å². The molecular weight excluding hydrogens is 244 g/mol. The predicted molar refractivity (Wildman–Crippen MR) is 70.2 cm³/mol. The molecule has 1 atom stereocenters. The lowest BCUT2D eigenvalue weighted by atomic mass is 9.92. The zero-order valence-corrected chi connectivity index (χ0v) is 11.6. The maximum atomic E-state index is 10.9. The molecule has 106 valence electrons. The van der Waals surface area contributed by atoms with Crippen molar-refractivity contribution in [2.24, 2.45) is 11.7 Å². The van der Waals surface area contributed by atoms with E-state index in [-0.39, 0.29) is 11.9 Å². The Labute approximate surface area is 113 Å². The summed E-state index contributed by atoms with van der Waals surface area (Å²) in [6.07, 6.45) is 3.30. The number of hydrogen-bond donors (Lipinski definition) is 1. The molecule has 0 radical (unpaired) electrons. The van der Waals surface area contributed by atoms with Gasteiger partial charge < -0.3 is 10.3 Å². The van der Waals surface area contributed by atoms with Gasteiger partial charge in [-0.25, -0.2) is 0 Å². The number of likely N-dealkylation sites (tertiary alicyclic amines) is 1. The molecule has 1 aromatic heterocycles. The van der Waals surface area contributed by atoms with Gasteiger partial charge in [0.25, 0.3) is 0 Å². The first-order valence-electron chi connectivity index (χ1n) is 6.95. The van der Waals surface area contributed by atoms with Gasteiger partial charge in [0.1, 0.15) is 0 Å². The number of carbonyl (C=O) groups is 1. The second-order valence-corrected chi connectivity index (χ2v) is 5.23. The summed E-state index contributed by atoms with van der Waals surface area (Å²) in [6.45, 7) is 5.99. The minimum atomic E-state index is -0.198. The SMILES string of the molecule is CCc1noc([C@H](C)N2CCC(CC(N)=O)CC2)n1. The molecule has 0 spiro atoms. The van der Waals surface area contributed by atoms with Gasteiger partial charge in [0.15, 0.2) is 5.82 Å². The monoisotopic (exact) mass is 266 g/mol. The molecule has 6 nitrogen and oxygen atoms in total. The smallest absolute Gasteiger partial charge is 0.243 e. The standard InChI is InChI=1S/C13H22N4O2/c1-3-12-15-13(19-16-12)9(2)17-6-4-10(5-7-17)8-11(14)18/h9-10H,3-8H2,1-2H3,(H2,14,18)/t9-/m0/s1. The number of aromatic nitrogens is 2. The van der Waals surface area contributed by atoms with Gasteiger partial charge in [0.05, 0.1) is 6.04 Å². The molecule has 2 N–H and O–H groups in total. The first-order valence-corrected chi connectivity index (χ1v) is 6.95. The molecule has 0 aromatic carbocycles. The van der Waals surface area contributed by atoms with Gasteiger partial charge in [0.2, 0.25) is 11.8 Å². The van der Waals surface area contributed by atoms with Crippen molar-refractivity contribution < 1.29 is 9.32 Å². The van der Waals surface area contributed by atoms with Crippen LogP contribution in [0.15, 0.2) is 4.52 Å². The van der Waals surface area contributed by atoms with Gasteiger partial charge in [-0.3, -0.25) is 9.69 Å². The summed E-state index contributed by atoms with van der Waals surface area (Å²) in [7, 11) is 0. The van der Waals surface area contributed by atoms with Crippen molar-refractivity contribution in [3.05, 3.63) is 11.7 Å². The highest BCUT2D eigenvalue weighted by molar-refractivity contribution is 5.73. The number of rotatable bonds is 5. The Morgan fingerprint density at radius 2 is 2.21 bits per heavy atom. The maximum Gasteiger partial charge on any atom is 0.243 e. The third-order valence-corrected chi connectivity index (χ3v) is 3.84. The fourth-order valence-electron chi connectivity index (χ4n) is 2.57. The zero-order valence-electron chi connectivity index (χ0n) is 11.6. The molecule has 1 aliphatic rings. The fraction of sp³-hybridized carbons (Fsp3) is 0.769. The Morgan fingerprint density at radius 1 is 1.53 bits per heavy atom. The highest BCUT2D eigenvalue weighted by Crippen LogP contribution is 2.27. The number of nitrogens with zero attached hydrogens (tertiary/aromatic N) is 3. The van der Waals surface area contributed by atoms with Crippen LogP contribution in [0.1, 0.15) is 50.9 Å². The first kappa shape index (κ1) is 14.0. The Kier molecular flexibility index (Phi) is 4.52. The second kappa shape index (κ2) is 6.14. The van der Waals surface area contributed by atoms with E-state index in [0.29, 0.717) is 18.2 Å². The lowest BCUT2D eigenvalue weighted by molar-refractivity contribution is -0.119. The number of carbonyl (C=O) groups excluding carboxylic acids is 1. The van der Waals surface area contributed by atoms with E-state index in [4.69, 9.17) is 10.3 Å². The normalized spacial score (nSPS) is 19.5. The molecule has 0 bridgehead atoms. The van der Waals surface area contributed by atoms with Crippen molar-refractivity contribution in [3.8, 4) is 0 Å². The van der Waals surface area contributed by atoms with E-state index >= 15 is 0 Å². The van der Waals surface area contributed by atoms with Crippen LogP contribution in [0.4, 0.5) is 0 Å². The van der Waals surface area contributed by atoms with E-state index in [9.17, 15) is 4.79 Å². The molecular formula is C13H22N4O2. The van der Waals surface area contributed by atoms with Gasteiger partial charge in [-0.2, -0.15) is 4.98 Å². The molecule has 1 aromatic rings. The lowest BCUT2D eigenvalue weighted by Gasteiger charge is -2.34. The molecule has 2 heterocycles. The van der Waals surface area contributed by atoms with Crippen molar-refractivity contribution in [1.82, 2.24) is 15.0 Å². The van der Waals surface area contributed by atoms with E-state index in [0.717, 1.165) is 38.2 Å². The quantitative estimate of drug-likeness (QED) is 0.867. The second-order valence-electron chi connectivity index (χ2n) is 5.23. The Bertz CT molecular complexity index is 424. The van der Waals surface area contributed by atoms with Crippen LogP contribution in [-0.4, -0.2) is 34.0 Å². The molecule has 1 saturated heterocycles. The van der Waals surface area contributed by atoms with Gasteiger partial charge >= 0.3 is 0 Å². The molecule has 0 saturated carbocycles. The predicted octanol–water partition coefficient (Wildman–Crippen LogP) is 1.28. The fourth-order valence-corrected chi connectivity index (χ4v) is 2.57. The third-order valence-electron chi connectivity index (χ3n) is 3.84. The van der Waals surface area contributed by atoms with Crippen LogP contribution in [0, 0.1) is 5.92 Å². The van der Waals surface area contributed by atoms with Crippen LogP contribution in [0.2, 0.25) is 0 Å². The van der Waals surface area contributed by atoms with Gasteiger partial charge in [-0.15, -0.1) is 0 Å². The molecule has 1 fully saturated rings. The van der Waals surface area contributed by atoms with E-state index in [2.05, 4.69) is 22.0 Å². The maximum absolute atomic E-state index is 10.9. The highest BCUT2D eigenvalue weighted by atomic mass is 16.5. The summed E-state index contributed by atoms with van der Waals surface area (Å²) >= 11 is 0. The molecule has 19 heavy (non-hydrogen) atoms. The van der Waals surface area contributed by atoms with Crippen molar-refractivity contribution in [1.29, 1.82) is 0 Å². The lowest BCUT2D eigenvalue weighted by Crippen LogP contribution is -2.36. The topological polar surface area (TPSA) is 85.3 Å². The number of amides is 1. The minimum absolute atomic E-state index is 0.141. The summed E-state index contributed by atoms with van der Waals surface area (Å²) in [4.78, 5) is 17.6. The van der Waals surface area contributed by atoms with Gasteiger partial charge in [0, 0.05) is 12.8 Å². The zero-order chi connectivity index (χ0) is 13.8. The van der Waals surface area contributed by atoms with Crippen molar-refractivity contribution in [3.63, 3.8) is 0 Å². The summed E-state index contributed by atoms with van der Waals surface area (Å²) in [6, 6.07) is 0.141. The Morgan fingerprint density at radius 3 is 2.74 bits per heavy atom. The van der Waals surface area contributed by atoms with Crippen molar-refractivity contribution in [2.75, 3.05) is 13.1 Å². The van der Waals surface area contributed by atoms with E-state index < -0.39 is 0 Å². The third kappa shape index (κ3) is 3.53. The largest absolute Gasteiger partial charge is 0.370 e. The van der Waals surface area contributed by atoms with Crippen molar-refractivity contribution in [2.45, 2.75) is 45.6 Å². The van der Waals surface area contributed by atoms with Crippen LogP contribution < -0.4 is 5.73 Å². The first-order chi connectivity index (χ1) is 9.10. The Hall–Kier alpha value is -1.43. The van der Waals surface area contributed by atoms with Crippen LogP contribution in [-0.2, 0) is 11.2 Å². The average molecular weight is 266 g/mol. The molecule has 1 amide bonds. The number of nitrogens with two attached hydrogens (primary N) is 1. The summed E-state index contributed by atoms with van der Waals surface area (Å²) in [5, 5.41) is 3.93. The van der Waals surface area contributed by atoms with E-state index in [1.54, 1.807) is 0 Å². The number of primary amides is 1. The van der Waals surface area contributed by atoms with Crippen LogP contribution in [0.3, 0.4) is 0 Å². The van der Waals surface area contributed by atoms with Gasteiger partial charge in [-0.05, 0) is 38.8 Å². The number of hydrogen-bond acceptors (Lipinski definition) is 5. The van der Waals surface area contributed by atoms with E-state index in [1.807, 2.05) is 6.92 Å². The van der Waals surface area contributed by atoms with Crippen LogP contribution in [0.25, 0.3) is 0 Å². The number of piperidine rings is 1. The molecule has 2 rings (SSSR count). The average Bonchev–Trinajstić information content (AvgIpc) is 2.87.